The number of likely N-dealkylation sites (tertiary alicyclic amines) is 1. The number of rotatable bonds is 2. The van der Waals surface area contributed by atoms with E-state index in [1.807, 2.05) is 0 Å². The van der Waals surface area contributed by atoms with Gasteiger partial charge in [-0.2, -0.15) is 0 Å². The van der Waals surface area contributed by atoms with Crippen LogP contribution in [-0.2, 0) is 9.53 Å². The zero-order valence-corrected chi connectivity index (χ0v) is 10.6. The first kappa shape index (κ1) is 12.0. The van der Waals surface area contributed by atoms with Gasteiger partial charge in [0.2, 0.25) is 0 Å². The smallest absolute Gasteiger partial charge is 0.331 e. The lowest BCUT2D eigenvalue weighted by Crippen LogP contribution is -2.51. The topological polar surface area (TPSA) is 59.5 Å². The summed E-state index contributed by atoms with van der Waals surface area (Å²) in [5.41, 5.74) is 1.15. The van der Waals surface area contributed by atoms with Gasteiger partial charge in [-0.05, 0) is 19.8 Å². The standard InChI is InChI=1S/C11H14N2O3S/c1-11(10(15)16-2)4-3-5-13(11)9(14)8-6-17-7-12-8/h6-7H,3-5H2,1-2H3/t11-/m0/s1. The summed E-state index contributed by atoms with van der Waals surface area (Å²) in [5.74, 6) is -0.560. The fourth-order valence-corrected chi connectivity index (χ4v) is 2.70. The molecule has 0 aliphatic carbocycles. The van der Waals surface area contributed by atoms with Crippen LogP contribution in [0.25, 0.3) is 0 Å². The molecule has 5 nitrogen and oxygen atoms in total. The summed E-state index contributed by atoms with van der Waals surface area (Å²) in [7, 11) is 1.34. The minimum absolute atomic E-state index is 0.198. The van der Waals surface area contributed by atoms with Crippen molar-refractivity contribution in [1.82, 2.24) is 9.88 Å². The number of carbonyl (C=O) groups is 2. The van der Waals surface area contributed by atoms with E-state index >= 15 is 0 Å². The van der Waals surface area contributed by atoms with Crippen molar-refractivity contribution >= 4 is 23.2 Å². The average molecular weight is 254 g/mol. The van der Waals surface area contributed by atoms with Crippen molar-refractivity contribution in [3.63, 3.8) is 0 Å². The third-order valence-corrected chi connectivity index (χ3v) is 3.75. The molecule has 1 saturated heterocycles. The molecule has 0 radical (unpaired) electrons. The Labute approximate surface area is 103 Å². The van der Waals surface area contributed by atoms with Crippen LogP contribution in [0.15, 0.2) is 10.9 Å². The predicted octanol–water partition coefficient (Wildman–Crippen LogP) is 1.31. The summed E-state index contributed by atoms with van der Waals surface area (Å²) in [6, 6.07) is 0. The number of hydrogen-bond donors (Lipinski definition) is 0. The normalized spacial score (nSPS) is 23.8. The maximum absolute atomic E-state index is 12.2. The van der Waals surface area contributed by atoms with Crippen LogP contribution < -0.4 is 0 Å². The van der Waals surface area contributed by atoms with Crippen molar-refractivity contribution in [2.45, 2.75) is 25.3 Å². The first-order chi connectivity index (χ1) is 8.09. The lowest BCUT2D eigenvalue weighted by atomic mass is 9.99. The second kappa shape index (κ2) is 4.44. The molecule has 0 N–H and O–H groups in total. The van der Waals surface area contributed by atoms with E-state index in [1.165, 1.54) is 18.4 Å². The van der Waals surface area contributed by atoms with Crippen molar-refractivity contribution in [1.29, 1.82) is 0 Å². The highest BCUT2D eigenvalue weighted by Crippen LogP contribution is 2.31. The van der Waals surface area contributed by atoms with E-state index in [-0.39, 0.29) is 11.9 Å². The fraction of sp³-hybridized carbons (Fsp3) is 0.545. The fourth-order valence-electron chi connectivity index (χ4n) is 2.18. The highest BCUT2D eigenvalue weighted by molar-refractivity contribution is 7.07. The van der Waals surface area contributed by atoms with Gasteiger partial charge in [0.05, 0.1) is 12.6 Å². The van der Waals surface area contributed by atoms with Crippen LogP contribution in [0.4, 0.5) is 0 Å². The quantitative estimate of drug-likeness (QED) is 0.747. The number of esters is 1. The molecule has 2 rings (SSSR count). The van der Waals surface area contributed by atoms with Gasteiger partial charge >= 0.3 is 5.97 Å². The molecule has 1 amide bonds. The zero-order valence-electron chi connectivity index (χ0n) is 9.80. The van der Waals surface area contributed by atoms with Crippen LogP contribution in [0.5, 0.6) is 0 Å². The van der Waals surface area contributed by atoms with Crippen molar-refractivity contribution in [2.75, 3.05) is 13.7 Å². The molecule has 1 aromatic rings. The summed E-state index contributed by atoms with van der Waals surface area (Å²) < 4.78 is 4.78. The molecule has 0 bridgehead atoms. The minimum atomic E-state index is -0.852. The van der Waals surface area contributed by atoms with Crippen LogP contribution in [0.3, 0.4) is 0 Å². The molecule has 0 unspecified atom stereocenters. The van der Waals surface area contributed by atoms with E-state index in [0.717, 1.165) is 6.42 Å². The number of hydrogen-bond acceptors (Lipinski definition) is 5. The Morgan fingerprint density at radius 3 is 2.94 bits per heavy atom. The van der Waals surface area contributed by atoms with Crippen molar-refractivity contribution in [2.24, 2.45) is 0 Å². The summed E-state index contributed by atoms with van der Waals surface area (Å²) in [5, 5.41) is 1.69. The van der Waals surface area contributed by atoms with E-state index in [4.69, 9.17) is 4.74 Å². The van der Waals surface area contributed by atoms with Gasteiger partial charge in [0, 0.05) is 11.9 Å². The molecule has 1 fully saturated rings. The third kappa shape index (κ3) is 1.93. The van der Waals surface area contributed by atoms with Gasteiger partial charge in [0.25, 0.3) is 5.91 Å². The molecule has 0 saturated carbocycles. The minimum Gasteiger partial charge on any atom is -0.467 e. The molecule has 1 aromatic heterocycles. The number of ether oxygens (including phenoxy) is 1. The molecule has 17 heavy (non-hydrogen) atoms. The van der Waals surface area contributed by atoms with Crippen LogP contribution in [-0.4, -0.2) is 41.0 Å². The molecule has 0 spiro atoms. The Bertz CT molecular complexity index is 432. The Hall–Kier alpha value is -1.43. The average Bonchev–Trinajstić information content (AvgIpc) is 2.96. The molecule has 1 aliphatic heterocycles. The van der Waals surface area contributed by atoms with Gasteiger partial charge in [-0.1, -0.05) is 0 Å². The molecular formula is C11H14N2O3S. The predicted molar refractivity (Wildman–Crippen MR) is 62.8 cm³/mol. The third-order valence-electron chi connectivity index (χ3n) is 3.16. The SMILES string of the molecule is COC(=O)[C@]1(C)CCCN1C(=O)c1cscn1. The first-order valence-corrected chi connectivity index (χ1v) is 6.32. The van der Waals surface area contributed by atoms with Gasteiger partial charge in [-0.15, -0.1) is 11.3 Å². The molecule has 92 valence electrons. The van der Waals surface area contributed by atoms with Crippen molar-refractivity contribution in [3.8, 4) is 0 Å². The van der Waals surface area contributed by atoms with Crippen molar-refractivity contribution in [3.05, 3.63) is 16.6 Å². The van der Waals surface area contributed by atoms with E-state index in [9.17, 15) is 9.59 Å². The Balaban J connectivity index is 2.26. The van der Waals surface area contributed by atoms with Gasteiger partial charge in [0.1, 0.15) is 11.2 Å². The molecule has 2 heterocycles. The number of aromatic nitrogens is 1. The van der Waals surface area contributed by atoms with Gasteiger partial charge in [0.15, 0.2) is 0 Å². The number of amides is 1. The monoisotopic (exact) mass is 254 g/mol. The maximum atomic E-state index is 12.2. The molecular weight excluding hydrogens is 240 g/mol. The Morgan fingerprint density at radius 1 is 1.59 bits per heavy atom. The van der Waals surface area contributed by atoms with Gasteiger partial charge < -0.3 is 9.64 Å². The van der Waals surface area contributed by atoms with Gasteiger partial charge in [-0.3, -0.25) is 4.79 Å². The van der Waals surface area contributed by atoms with Gasteiger partial charge in [-0.25, -0.2) is 9.78 Å². The molecule has 6 heteroatoms. The summed E-state index contributed by atoms with van der Waals surface area (Å²) >= 11 is 1.37. The van der Waals surface area contributed by atoms with E-state index in [1.54, 1.807) is 22.7 Å². The van der Waals surface area contributed by atoms with E-state index in [2.05, 4.69) is 4.98 Å². The van der Waals surface area contributed by atoms with E-state index in [0.29, 0.717) is 18.7 Å². The summed E-state index contributed by atoms with van der Waals surface area (Å²) in [6.07, 6.45) is 1.44. The lowest BCUT2D eigenvalue weighted by Gasteiger charge is -2.31. The number of carbonyl (C=O) groups excluding carboxylic acids is 2. The Morgan fingerprint density at radius 2 is 2.35 bits per heavy atom. The highest BCUT2D eigenvalue weighted by atomic mass is 32.1. The maximum Gasteiger partial charge on any atom is 0.331 e. The van der Waals surface area contributed by atoms with Crippen LogP contribution in [0.1, 0.15) is 30.3 Å². The van der Waals surface area contributed by atoms with Crippen LogP contribution in [0.2, 0.25) is 0 Å². The van der Waals surface area contributed by atoms with Crippen LogP contribution >= 0.6 is 11.3 Å². The summed E-state index contributed by atoms with van der Waals surface area (Å²) in [4.78, 5) is 29.5. The van der Waals surface area contributed by atoms with Crippen LogP contribution in [0, 0.1) is 0 Å². The summed E-state index contributed by atoms with van der Waals surface area (Å²) in [6.45, 7) is 2.32. The Kier molecular flexibility index (Phi) is 3.15. The zero-order chi connectivity index (χ0) is 12.5. The molecule has 1 aliphatic rings. The lowest BCUT2D eigenvalue weighted by molar-refractivity contribution is -0.151. The first-order valence-electron chi connectivity index (χ1n) is 5.38. The second-order valence-corrected chi connectivity index (χ2v) is 4.92. The number of nitrogens with zero attached hydrogens (tertiary/aromatic N) is 2. The van der Waals surface area contributed by atoms with E-state index < -0.39 is 5.54 Å². The highest BCUT2D eigenvalue weighted by Gasteiger charge is 2.47. The number of methoxy groups -OCH3 is 1. The largest absolute Gasteiger partial charge is 0.467 e. The molecule has 0 aromatic carbocycles. The second-order valence-electron chi connectivity index (χ2n) is 4.20. The number of thiazole rings is 1. The van der Waals surface area contributed by atoms with Crippen molar-refractivity contribution < 1.29 is 14.3 Å². The molecule has 1 atom stereocenters.